The second kappa shape index (κ2) is 5.54. The zero-order chi connectivity index (χ0) is 11.3. The molecule has 0 bridgehead atoms. The Hall–Kier alpha value is -1.31. The molecule has 15 heavy (non-hydrogen) atoms. The van der Waals surface area contributed by atoms with Crippen LogP contribution in [-0.4, -0.2) is 5.97 Å². The number of ether oxygens (including phenoxy) is 1. The summed E-state index contributed by atoms with van der Waals surface area (Å²) in [6.45, 7) is 6.11. The average molecular weight is 206 g/mol. The minimum atomic E-state index is -0.144. The monoisotopic (exact) mass is 206 g/mol. The molecule has 0 aliphatic heterocycles. The summed E-state index contributed by atoms with van der Waals surface area (Å²) in [5.41, 5.74) is 0. The van der Waals surface area contributed by atoms with Gasteiger partial charge in [0.1, 0.15) is 5.75 Å². The molecule has 0 aliphatic carbocycles. The smallest absolute Gasteiger partial charge is 0.314 e. The Labute approximate surface area is 91.3 Å². The van der Waals surface area contributed by atoms with Crippen molar-refractivity contribution >= 4 is 5.97 Å². The first-order valence-electron chi connectivity index (χ1n) is 5.36. The minimum absolute atomic E-state index is 0.0368. The summed E-state index contributed by atoms with van der Waals surface area (Å²) in [6, 6.07) is 9.19. The van der Waals surface area contributed by atoms with Crippen molar-refractivity contribution in [2.45, 2.75) is 27.2 Å². The van der Waals surface area contributed by atoms with Crippen LogP contribution in [0.25, 0.3) is 0 Å². The molecule has 1 aromatic rings. The Balaban J connectivity index is 2.49. The maximum absolute atomic E-state index is 11.6. The zero-order valence-electron chi connectivity index (χ0n) is 9.57. The van der Waals surface area contributed by atoms with Crippen LogP contribution in [0.1, 0.15) is 27.2 Å². The van der Waals surface area contributed by atoms with Gasteiger partial charge in [-0.05, 0) is 24.5 Å². The second-order valence-corrected chi connectivity index (χ2v) is 4.26. The van der Waals surface area contributed by atoms with Gasteiger partial charge in [0.05, 0.1) is 5.92 Å². The summed E-state index contributed by atoms with van der Waals surface area (Å²) in [5.74, 6) is 0.960. The molecule has 0 amide bonds. The number of carbonyl (C=O) groups excluding carboxylic acids is 1. The molecule has 2 nitrogen and oxygen atoms in total. The third-order valence-corrected chi connectivity index (χ3v) is 2.19. The number of esters is 1. The van der Waals surface area contributed by atoms with Gasteiger partial charge in [0.2, 0.25) is 0 Å². The minimum Gasteiger partial charge on any atom is -0.426 e. The van der Waals surface area contributed by atoms with E-state index < -0.39 is 0 Å². The number of hydrogen-bond acceptors (Lipinski definition) is 2. The van der Waals surface area contributed by atoms with Crippen LogP contribution in [-0.2, 0) is 4.79 Å². The normalized spacial score (nSPS) is 12.5. The Morgan fingerprint density at radius 2 is 1.80 bits per heavy atom. The van der Waals surface area contributed by atoms with Crippen LogP contribution in [0.3, 0.4) is 0 Å². The van der Waals surface area contributed by atoms with Crippen LogP contribution in [0, 0.1) is 11.8 Å². The molecule has 0 aliphatic rings. The molecule has 2 heteroatoms. The lowest BCUT2D eigenvalue weighted by Gasteiger charge is -2.12. The molecule has 1 atom stereocenters. The molecule has 0 saturated heterocycles. The Morgan fingerprint density at radius 1 is 1.20 bits per heavy atom. The van der Waals surface area contributed by atoms with E-state index in [1.165, 1.54) is 0 Å². The van der Waals surface area contributed by atoms with Crippen molar-refractivity contribution in [1.29, 1.82) is 0 Å². The number of hydrogen-bond donors (Lipinski definition) is 0. The summed E-state index contributed by atoms with van der Waals surface area (Å²) in [4.78, 5) is 11.6. The third kappa shape index (κ3) is 4.15. The van der Waals surface area contributed by atoms with E-state index in [0.29, 0.717) is 11.7 Å². The Bertz CT molecular complexity index is 304. The highest BCUT2D eigenvalue weighted by atomic mass is 16.5. The molecular weight excluding hydrogens is 188 g/mol. The van der Waals surface area contributed by atoms with E-state index in [4.69, 9.17) is 4.74 Å². The van der Waals surface area contributed by atoms with E-state index in [1.54, 1.807) is 12.1 Å². The first-order chi connectivity index (χ1) is 7.09. The number of benzene rings is 1. The van der Waals surface area contributed by atoms with E-state index in [9.17, 15) is 4.79 Å². The van der Waals surface area contributed by atoms with Crippen LogP contribution < -0.4 is 4.74 Å². The lowest BCUT2D eigenvalue weighted by Crippen LogP contribution is -2.19. The number of para-hydroxylation sites is 1. The molecule has 0 N–H and O–H groups in total. The lowest BCUT2D eigenvalue weighted by atomic mass is 9.99. The molecular formula is C13H18O2. The van der Waals surface area contributed by atoms with Crippen molar-refractivity contribution in [2.24, 2.45) is 11.8 Å². The molecule has 1 aromatic carbocycles. The summed E-state index contributed by atoms with van der Waals surface area (Å²) in [7, 11) is 0. The van der Waals surface area contributed by atoms with Crippen LogP contribution in [0.4, 0.5) is 0 Å². The van der Waals surface area contributed by atoms with E-state index in [2.05, 4.69) is 13.8 Å². The fourth-order valence-electron chi connectivity index (χ4n) is 1.51. The van der Waals surface area contributed by atoms with E-state index in [0.717, 1.165) is 6.42 Å². The molecule has 0 saturated carbocycles. The fraction of sp³-hybridized carbons (Fsp3) is 0.462. The molecule has 0 aromatic heterocycles. The van der Waals surface area contributed by atoms with Crippen LogP contribution in [0.5, 0.6) is 5.75 Å². The number of carbonyl (C=O) groups is 1. The van der Waals surface area contributed by atoms with E-state index in [1.807, 2.05) is 25.1 Å². The van der Waals surface area contributed by atoms with Gasteiger partial charge >= 0.3 is 5.97 Å². The van der Waals surface area contributed by atoms with Gasteiger partial charge in [0, 0.05) is 0 Å². The Morgan fingerprint density at radius 3 is 2.33 bits per heavy atom. The predicted octanol–water partition coefficient (Wildman–Crippen LogP) is 3.27. The molecule has 1 rings (SSSR count). The van der Waals surface area contributed by atoms with Crippen molar-refractivity contribution in [3.05, 3.63) is 30.3 Å². The highest BCUT2D eigenvalue weighted by molar-refractivity contribution is 5.74. The van der Waals surface area contributed by atoms with Gasteiger partial charge in [-0.3, -0.25) is 4.79 Å². The zero-order valence-corrected chi connectivity index (χ0v) is 9.57. The van der Waals surface area contributed by atoms with Gasteiger partial charge < -0.3 is 4.74 Å². The van der Waals surface area contributed by atoms with E-state index >= 15 is 0 Å². The number of rotatable bonds is 4. The topological polar surface area (TPSA) is 26.3 Å². The molecule has 1 unspecified atom stereocenters. The molecule has 0 radical (unpaired) electrons. The Kier molecular flexibility index (Phi) is 4.35. The first kappa shape index (κ1) is 11.8. The maximum Gasteiger partial charge on any atom is 0.314 e. The highest BCUT2D eigenvalue weighted by Crippen LogP contribution is 2.15. The van der Waals surface area contributed by atoms with Gasteiger partial charge in [0.25, 0.3) is 0 Å². The molecule has 0 fully saturated rings. The first-order valence-corrected chi connectivity index (χ1v) is 5.36. The van der Waals surface area contributed by atoms with Gasteiger partial charge in [-0.1, -0.05) is 39.0 Å². The summed E-state index contributed by atoms with van der Waals surface area (Å²) in [6.07, 6.45) is 0.867. The second-order valence-electron chi connectivity index (χ2n) is 4.26. The van der Waals surface area contributed by atoms with Crippen molar-refractivity contribution in [2.75, 3.05) is 0 Å². The van der Waals surface area contributed by atoms with Gasteiger partial charge in [0.15, 0.2) is 0 Å². The van der Waals surface area contributed by atoms with Crippen molar-refractivity contribution in [3.8, 4) is 5.75 Å². The molecule has 82 valence electrons. The third-order valence-electron chi connectivity index (χ3n) is 2.19. The molecule has 0 heterocycles. The summed E-state index contributed by atoms with van der Waals surface area (Å²) >= 11 is 0. The van der Waals surface area contributed by atoms with E-state index in [-0.39, 0.29) is 11.9 Å². The highest BCUT2D eigenvalue weighted by Gasteiger charge is 2.16. The SMILES string of the molecule is CC(C)CC(C)C(=O)Oc1ccccc1. The average Bonchev–Trinajstić information content (AvgIpc) is 2.18. The molecule has 0 spiro atoms. The van der Waals surface area contributed by atoms with Gasteiger partial charge in [-0.2, -0.15) is 0 Å². The van der Waals surface area contributed by atoms with Crippen molar-refractivity contribution < 1.29 is 9.53 Å². The van der Waals surface area contributed by atoms with Crippen molar-refractivity contribution in [3.63, 3.8) is 0 Å². The van der Waals surface area contributed by atoms with Gasteiger partial charge in [-0.15, -0.1) is 0 Å². The summed E-state index contributed by atoms with van der Waals surface area (Å²) < 4.78 is 5.24. The van der Waals surface area contributed by atoms with Crippen LogP contribution in [0.2, 0.25) is 0 Å². The van der Waals surface area contributed by atoms with Gasteiger partial charge in [-0.25, -0.2) is 0 Å². The van der Waals surface area contributed by atoms with Crippen molar-refractivity contribution in [1.82, 2.24) is 0 Å². The predicted molar refractivity (Wildman–Crippen MR) is 60.7 cm³/mol. The largest absolute Gasteiger partial charge is 0.426 e. The summed E-state index contributed by atoms with van der Waals surface area (Å²) in [5, 5.41) is 0. The lowest BCUT2D eigenvalue weighted by molar-refractivity contribution is -0.138. The maximum atomic E-state index is 11.6. The quantitative estimate of drug-likeness (QED) is 0.558. The standard InChI is InChI=1S/C13H18O2/c1-10(2)9-11(3)13(14)15-12-7-5-4-6-8-12/h4-8,10-11H,9H2,1-3H3. The van der Waals surface area contributed by atoms with Crippen LogP contribution in [0.15, 0.2) is 30.3 Å². The fourth-order valence-corrected chi connectivity index (χ4v) is 1.51. The van der Waals surface area contributed by atoms with Crippen LogP contribution >= 0.6 is 0 Å².